The lowest BCUT2D eigenvalue weighted by atomic mass is 9.92. The second kappa shape index (κ2) is 6.03. The van der Waals surface area contributed by atoms with Crippen LogP contribution < -0.4 is 0 Å². The second-order valence-electron chi connectivity index (χ2n) is 5.54. The van der Waals surface area contributed by atoms with Crippen LogP contribution >= 0.6 is 0 Å². The third kappa shape index (κ3) is 3.26. The molecule has 0 aromatic carbocycles. The molecular weight excluding hydrogens is 266 g/mol. The number of carbonyl (C=O) groups excluding carboxylic acids is 1. The van der Waals surface area contributed by atoms with Crippen molar-refractivity contribution >= 4 is 5.91 Å². The number of nitrogens with zero attached hydrogens (tertiary/aromatic N) is 4. The van der Waals surface area contributed by atoms with Crippen molar-refractivity contribution in [3.8, 4) is 11.3 Å². The topological polar surface area (TPSA) is 74.8 Å². The molecule has 110 valence electrons. The molecule has 1 fully saturated rings. The molecule has 1 aliphatic rings. The fraction of sp³-hybridized carbons (Fsp3) is 0.467. The van der Waals surface area contributed by atoms with Crippen molar-refractivity contribution in [2.24, 2.45) is 5.92 Å². The minimum absolute atomic E-state index is 0.176. The van der Waals surface area contributed by atoms with Crippen LogP contribution in [0.25, 0.3) is 11.3 Å². The van der Waals surface area contributed by atoms with Crippen LogP contribution in [0.4, 0.5) is 0 Å². The van der Waals surface area contributed by atoms with Gasteiger partial charge in [-0.05, 0) is 25.2 Å². The first kappa shape index (κ1) is 13.7. The summed E-state index contributed by atoms with van der Waals surface area (Å²) in [6, 6.07) is 0. The quantitative estimate of drug-likeness (QED) is 0.930. The Balaban J connectivity index is 1.64. The van der Waals surface area contributed by atoms with Gasteiger partial charge in [-0.2, -0.15) is 5.10 Å². The summed E-state index contributed by atoms with van der Waals surface area (Å²) in [5, 5.41) is 6.73. The Kier molecular flexibility index (Phi) is 3.94. The summed E-state index contributed by atoms with van der Waals surface area (Å²) in [5.74, 6) is 0.754. The number of piperidine rings is 1. The minimum atomic E-state index is 0.176. The molecule has 1 saturated heterocycles. The van der Waals surface area contributed by atoms with Gasteiger partial charge >= 0.3 is 0 Å². The van der Waals surface area contributed by atoms with Crippen molar-refractivity contribution in [3.05, 3.63) is 30.5 Å². The third-order valence-electron chi connectivity index (χ3n) is 4.04. The summed E-state index contributed by atoms with van der Waals surface area (Å²) in [7, 11) is 0. The Morgan fingerprint density at radius 1 is 1.33 bits per heavy atom. The monoisotopic (exact) mass is 285 g/mol. The Morgan fingerprint density at radius 3 is 2.81 bits per heavy atom. The number of hydrogen-bond acceptors (Lipinski definition) is 4. The number of rotatable bonds is 3. The second-order valence-corrected chi connectivity index (χ2v) is 5.54. The van der Waals surface area contributed by atoms with Crippen LogP contribution in [-0.4, -0.2) is 44.1 Å². The molecule has 0 saturated carbocycles. The number of aromatic amines is 1. The van der Waals surface area contributed by atoms with Gasteiger partial charge in [0.05, 0.1) is 23.8 Å². The van der Waals surface area contributed by atoms with E-state index in [9.17, 15) is 4.79 Å². The molecule has 6 heteroatoms. The van der Waals surface area contributed by atoms with Crippen molar-refractivity contribution < 1.29 is 4.79 Å². The molecule has 0 aliphatic carbocycles. The maximum atomic E-state index is 11.3. The molecule has 3 heterocycles. The van der Waals surface area contributed by atoms with Crippen LogP contribution in [0.2, 0.25) is 0 Å². The fourth-order valence-corrected chi connectivity index (χ4v) is 2.78. The SMILES string of the molecule is CC(=O)N1CCC(Cc2cncc(-c3cn[nH]c3)n2)CC1. The highest BCUT2D eigenvalue weighted by atomic mass is 16.2. The highest BCUT2D eigenvalue weighted by Crippen LogP contribution is 2.22. The first-order valence-electron chi connectivity index (χ1n) is 7.28. The Labute approximate surface area is 123 Å². The van der Waals surface area contributed by atoms with E-state index in [4.69, 9.17) is 0 Å². The molecule has 0 atom stereocenters. The molecule has 2 aromatic rings. The summed E-state index contributed by atoms with van der Waals surface area (Å²) >= 11 is 0. The number of aromatic nitrogens is 4. The Bertz CT molecular complexity index is 602. The molecule has 6 nitrogen and oxygen atoms in total. The standard InChI is InChI=1S/C15H19N5O/c1-11(21)20-4-2-12(3-5-20)6-14-9-16-10-15(19-14)13-7-17-18-8-13/h7-10,12H,2-6H2,1H3,(H,17,18). The van der Waals surface area contributed by atoms with Gasteiger partial charge in [0.2, 0.25) is 5.91 Å². The van der Waals surface area contributed by atoms with Gasteiger partial charge < -0.3 is 4.90 Å². The van der Waals surface area contributed by atoms with Crippen molar-refractivity contribution in [2.45, 2.75) is 26.2 Å². The molecule has 0 radical (unpaired) electrons. The van der Waals surface area contributed by atoms with E-state index in [-0.39, 0.29) is 5.91 Å². The summed E-state index contributed by atoms with van der Waals surface area (Å²) in [6.07, 6.45) is 10.2. The number of nitrogens with one attached hydrogen (secondary N) is 1. The van der Waals surface area contributed by atoms with Crippen molar-refractivity contribution in [1.82, 2.24) is 25.1 Å². The molecule has 1 aliphatic heterocycles. The van der Waals surface area contributed by atoms with Crippen molar-refractivity contribution in [2.75, 3.05) is 13.1 Å². The van der Waals surface area contributed by atoms with Gasteiger partial charge in [0.1, 0.15) is 0 Å². The fourth-order valence-electron chi connectivity index (χ4n) is 2.78. The molecule has 2 aromatic heterocycles. The zero-order chi connectivity index (χ0) is 14.7. The van der Waals surface area contributed by atoms with E-state index in [1.54, 1.807) is 19.3 Å². The first-order chi connectivity index (χ1) is 10.2. The third-order valence-corrected chi connectivity index (χ3v) is 4.04. The van der Waals surface area contributed by atoms with Crippen LogP contribution in [0.5, 0.6) is 0 Å². The summed E-state index contributed by atoms with van der Waals surface area (Å²) in [4.78, 5) is 22.2. The lowest BCUT2D eigenvalue weighted by molar-refractivity contribution is -0.130. The van der Waals surface area contributed by atoms with Crippen LogP contribution in [0.3, 0.4) is 0 Å². The molecule has 3 rings (SSSR count). The largest absolute Gasteiger partial charge is 0.343 e. The Morgan fingerprint density at radius 2 is 2.14 bits per heavy atom. The number of carbonyl (C=O) groups is 1. The molecular formula is C15H19N5O. The predicted octanol–water partition coefficient (Wildman–Crippen LogP) is 1.67. The summed E-state index contributed by atoms with van der Waals surface area (Å²) in [6.45, 7) is 3.35. The summed E-state index contributed by atoms with van der Waals surface area (Å²) < 4.78 is 0. The van der Waals surface area contributed by atoms with Crippen LogP contribution in [0.15, 0.2) is 24.8 Å². The number of H-pyrrole nitrogens is 1. The molecule has 0 bridgehead atoms. The minimum Gasteiger partial charge on any atom is -0.343 e. The smallest absolute Gasteiger partial charge is 0.219 e. The number of amides is 1. The maximum absolute atomic E-state index is 11.3. The van der Waals surface area contributed by atoms with E-state index in [1.165, 1.54) is 0 Å². The molecule has 1 N–H and O–H groups in total. The van der Waals surface area contributed by atoms with Gasteiger partial charge in [-0.25, -0.2) is 4.98 Å². The summed E-state index contributed by atoms with van der Waals surface area (Å²) in [5.41, 5.74) is 2.81. The zero-order valence-corrected chi connectivity index (χ0v) is 12.1. The van der Waals surface area contributed by atoms with Gasteiger partial charge in [-0.3, -0.25) is 14.9 Å². The van der Waals surface area contributed by atoms with Gasteiger partial charge in [-0.1, -0.05) is 0 Å². The first-order valence-corrected chi connectivity index (χ1v) is 7.28. The van der Waals surface area contributed by atoms with Gasteiger partial charge in [0, 0.05) is 38.0 Å². The van der Waals surface area contributed by atoms with E-state index in [0.29, 0.717) is 5.92 Å². The average Bonchev–Trinajstić information content (AvgIpc) is 3.02. The lowest BCUT2D eigenvalue weighted by Gasteiger charge is -2.31. The highest BCUT2D eigenvalue weighted by Gasteiger charge is 2.21. The van der Waals surface area contributed by atoms with Crippen LogP contribution in [0, 0.1) is 5.92 Å². The van der Waals surface area contributed by atoms with E-state index >= 15 is 0 Å². The molecule has 21 heavy (non-hydrogen) atoms. The molecule has 1 amide bonds. The lowest BCUT2D eigenvalue weighted by Crippen LogP contribution is -2.37. The average molecular weight is 285 g/mol. The van der Waals surface area contributed by atoms with E-state index in [2.05, 4.69) is 20.2 Å². The zero-order valence-electron chi connectivity index (χ0n) is 12.1. The van der Waals surface area contributed by atoms with Gasteiger partial charge in [0.15, 0.2) is 0 Å². The molecule has 0 unspecified atom stereocenters. The van der Waals surface area contributed by atoms with E-state index in [1.807, 2.05) is 17.3 Å². The van der Waals surface area contributed by atoms with Crippen molar-refractivity contribution in [1.29, 1.82) is 0 Å². The van der Waals surface area contributed by atoms with Crippen LogP contribution in [-0.2, 0) is 11.2 Å². The van der Waals surface area contributed by atoms with Gasteiger partial charge in [0.25, 0.3) is 0 Å². The predicted molar refractivity (Wildman–Crippen MR) is 78.3 cm³/mol. The Hall–Kier alpha value is -2.24. The van der Waals surface area contributed by atoms with E-state index < -0.39 is 0 Å². The van der Waals surface area contributed by atoms with Crippen LogP contribution in [0.1, 0.15) is 25.5 Å². The number of likely N-dealkylation sites (tertiary alicyclic amines) is 1. The van der Waals surface area contributed by atoms with Gasteiger partial charge in [-0.15, -0.1) is 0 Å². The maximum Gasteiger partial charge on any atom is 0.219 e. The normalized spacial score (nSPS) is 16.1. The number of hydrogen-bond donors (Lipinski definition) is 1. The highest BCUT2D eigenvalue weighted by molar-refractivity contribution is 5.73. The molecule has 0 spiro atoms. The van der Waals surface area contributed by atoms with E-state index in [0.717, 1.165) is 49.3 Å². The van der Waals surface area contributed by atoms with Crippen molar-refractivity contribution in [3.63, 3.8) is 0 Å².